The molecule has 0 amide bonds. The Morgan fingerprint density at radius 3 is 1.03 bits per heavy atom. The third kappa shape index (κ3) is 4.55. The van der Waals surface area contributed by atoms with Crippen molar-refractivity contribution in [3.63, 3.8) is 0 Å². The highest BCUT2D eigenvalue weighted by atomic mass is 16.1. The fourth-order valence-electron chi connectivity index (χ4n) is 3.35. The molecule has 2 rings (SSSR count). The summed E-state index contributed by atoms with van der Waals surface area (Å²) in [5.74, 6) is 0.138. The van der Waals surface area contributed by atoms with E-state index in [1.165, 1.54) is 0 Å². The summed E-state index contributed by atoms with van der Waals surface area (Å²) >= 11 is 0. The Balaban J connectivity index is 2.46. The molecule has 0 fully saturated rings. The van der Waals surface area contributed by atoms with Crippen LogP contribution < -0.4 is 0 Å². The maximum absolute atomic E-state index is 12.7. The first-order valence-corrected chi connectivity index (χ1v) is 10.0. The van der Waals surface area contributed by atoms with Crippen LogP contribution in [0.2, 0.25) is 0 Å². The van der Waals surface area contributed by atoms with Crippen LogP contribution in [-0.2, 0) is 10.2 Å². The first-order valence-electron chi connectivity index (χ1n) is 10.0. The number of rotatable bonds is 5. The lowest BCUT2D eigenvalue weighted by atomic mass is 9.72. The minimum atomic E-state index is -0.855. The highest BCUT2D eigenvalue weighted by Crippen LogP contribution is 2.34. The first kappa shape index (κ1) is 22.7. The molecule has 154 valence electrons. The van der Waals surface area contributed by atoms with Crippen LogP contribution >= 0.6 is 0 Å². The smallest absolute Gasteiger partial charge is 0.168 e. The lowest BCUT2D eigenvalue weighted by molar-refractivity contribution is -0.120. The molecule has 0 radical (unpaired) electrons. The van der Waals surface area contributed by atoms with Crippen LogP contribution in [0.25, 0.3) is 0 Å². The van der Waals surface area contributed by atoms with Gasteiger partial charge in [-0.15, -0.1) is 0 Å². The third-order valence-corrected chi connectivity index (χ3v) is 5.52. The number of carbonyl (C=O) groups excluding carboxylic acids is 3. The van der Waals surface area contributed by atoms with Crippen molar-refractivity contribution in [2.24, 2.45) is 10.8 Å². The second-order valence-corrected chi connectivity index (χ2v) is 9.99. The van der Waals surface area contributed by atoms with Gasteiger partial charge in [0.25, 0.3) is 0 Å². The molecule has 29 heavy (non-hydrogen) atoms. The van der Waals surface area contributed by atoms with Crippen LogP contribution in [0.4, 0.5) is 0 Å². The minimum absolute atomic E-state index is 0.00213. The van der Waals surface area contributed by atoms with Gasteiger partial charge >= 0.3 is 0 Å². The third-order valence-electron chi connectivity index (χ3n) is 5.52. The van der Waals surface area contributed by atoms with Gasteiger partial charge < -0.3 is 0 Å². The Bertz CT molecular complexity index is 848. The fraction of sp³-hybridized carbons (Fsp3) is 0.423. The van der Waals surface area contributed by atoms with Gasteiger partial charge in [0.05, 0.1) is 5.41 Å². The summed E-state index contributed by atoms with van der Waals surface area (Å²) in [5, 5.41) is 0. The highest BCUT2D eigenvalue weighted by Gasteiger charge is 2.35. The zero-order valence-electron chi connectivity index (χ0n) is 18.8. The Morgan fingerprint density at radius 1 is 0.552 bits per heavy atom. The lowest BCUT2D eigenvalue weighted by Crippen LogP contribution is -2.32. The summed E-state index contributed by atoms with van der Waals surface area (Å²) in [6.07, 6.45) is 0. The molecule has 3 heteroatoms. The summed E-state index contributed by atoms with van der Waals surface area (Å²) < 4.78 is 0. The van der Waals surface area contributed by atoms with Crippen molar-refractivity contribution in [3.8, 4) is 0 Å². The van der Waals surface area contributed by atoms with Crippen molar-refractivity contribution in [2.45, 2.75) is 60.8 Å². The van der Waals surface area contributed by atoms with Crippen molar-refractivity contribution < 1.29 is 14.4 Å². The van der Waals surface area contributed by atoms with Crippen LogP contribution in [0.1, 0.15) is 87.2 Å². The number of carbonyl (C=O) groups is 3. The van der Waals surface area contributed by atoms with Gasteiger partial charge in [0.15, 0.2) is 11.6 Å². The van der Waals surface area contributed by atoms with Crippen LogP contribution in [0.3, 0.4) is 0 Å². The van der Waals surface area contributed by atoms with Crippen LogP contribution in [0.15, 0.2) is 48.5 Å². The molecular weight excluding hydrogens is 360 g/mol. The second-order valence-electron chi connectivity index (χ2n) is 9.99. The largest absolute Gasteiger partial charge is 0.299 e. The molecule has 0 bridgehead atoms. The molecule has 0 aliphatic carbocycles. The molecule has 3 nitrogen and oxygen atoms in total. The zero-order valence-corrected chi connectivity index (χ0v) is 18.8. The topological polar surface area (TPSA) is 51.2 Å². The van der Waals surface area contributed by atoms with Gasteiger partial charge in [-0.3, -0.25) is 14.4 Å². The van der Waals surface area contributed by atoms with Gasteiger partial charge in [0, 0.05) is 22.0 Å². The van der Waals surface area contributed by atoms with E-state index >= 15 is 0 Å². The molecule has 0 N–H and O–H groups in total. The van der Waals surface area contributed by atoms with Gasteiger partial charge in [-0.05, 0) is 25.0 Å². The molecule has 0 saturated heterocycles. The van der Waals surface area contributed by atoms with Gasteiger partial charge in [0.1, 0.15) is 5.78 Å². The molecule has 0 unspecified atom stereocenters. The monoisotopic (exact) mass is 392 g/mol. The van der Waals surface area contributed by atoms with E-state index in [-0.39, 0.29) is 17.3 Å². The number of hydrogen-bond acceptors (Lipinski definition) is 3. The second kappa shape index (κ2) is 7.70. The summed E-state index contributed by atoms with van der Waals surface area (Å²) in [5.41, 5.74) is 1.15. The maximum Gasteiger partial charge on any atom is 0.168 e. The molecule has 0 aromatic heterocycles. The van der Waals surface area contributed by atoms with Gasteiger partial charge in [-0.1, -0.05) is 90.1 Å². The van der Waals surface area contributed by atoms with E-state index in [1.54, 1.807) is 31.2 Å². The quantitative estimate of drug-likeness (QED) is 0.583. The van der Waals surface area contributed by atoms with E-state index in [9.17, 15) is 14.4 Å². The molecule has 0 aliphatic rings. The molecule has 2 aromatic carbocycles. The van der Waals surface area contributed by atoms with Crippen LogP contribution in [0.5, 0.6) is 0 Å². The van der Waals surface area contributed by atoms with Crippen molar-refractivity contribution in [2.75, 3.05) is 0 Å². The van der Waals surface area contributed by atoms with Crippen molar-refractivity contribution in [1.29, 1.82) is 0 Å². The average Bonchev–Trinajstić information content (AvgIpc) is 2.64. The lowest BCUT2D eigenvalue weighted by Gasteiger charge is -2.29. The SMILES string of the molecule is CC(=O)C(C)(c1ccc(C(=O)C(C)(C)C)cc1)c1ccc(C(=O)C(C)(C)C)cc1. The number of hydrogen-bond donors (Lipinski definition) is 0. The number of benzene rings is 2. The molecule has 0 aliphatic heterocycles. The Kier molecular flexibility index (Phi) is 6.04. The van der Waals surface area contributed by atoms with Crippen molar-refractivity contribution >= 4 is 17.3 Å². The first-order chi connectivity index (χ1) is 13.2. The summed E-state index contributed by atoms with van der Waals surface area (Å²) in [4.78, 5) is 37.7. The standard InChI is InChI=1S/C26H32O3/c1-17(27)26(8,20-13-9-18(10-14-20)22(28)24(2,3)4)21-15-11-19(12-16-21)23(29)25(5,6)7/h9-16H,1-8H3. The van der Waals surface area contributed by atoms with Gasteiger partial charge in [0.2, 0.25) is 0 Å². The van der Waals surface area contributed by atoms with Crippen LogP contribution in [0, 0.1) is 10.8 Å². The zero-order chi connectivity index (χ0) is 22.2. The predicted octanol–water partition coefficient (Wildman–Crippen LogP) is 6.04. The highest BCUT2D eigenvalue weighted by molar-refractivity contribution is 6.01. The van der Waals surface area contributed by atoms with Crippen LogP contribution in [-0.4, -0.2) is 17.3 Å². The van der Waals surface area contributed by atoms with Crippen molar-refractivity contribution in [1.82, 2.24) is 0 Å². The van der Waals surface area contributed by atoms with E-state index < -0.39 is 16.2 Å². The normalized spacial score (nSPS) is 12.6. The number of Topliss-reactive ketones (excluding diaryl/α,β-unsaturated/α-hetero) is 3. The molecule has 0 heterocycles. The van der Waals surface area contributed by atoms with E-state index in [0.29, 0.717) is 11.1 Å². The summed E-state index contributed by atoms with van der Waals surface area (Å²) in [6, 6.07) is 14.6. The molecule has 2 aromatic rings. The summed E-state index contributed by atoms with van der Waals surface area (Å²) in [6.45, 7) is 14.8. The molecule has 0 spiro atoms. The average molecular weight is 393 g/mol. The Labute approximate surface area is 174 Å². The maximum atomic E-state index is 12.7. The molecular formula is C26H32O3. The molecule has 0 saturated carbocycles. The Hall–Kier alpha value is -2.55. The van der Waals surface area contributed by atoms with Gasteiger partial charge in [-0.2, -0.15) is 0 Å². The summed E-state index contributed by atoms with van der Waals surface area (Å²) in [7, 11) is 0. The van der Waals surface area contributed by atoms with E-state index in [4.69, 9.17) is 0 Å². The van der Waals surface area contributed by atoms with E-state index in [0.717, 1.165) is 11.1 Å². The minimum Gasteiger partial charge on any atom is -0.299 e. The van der Waals surface area contributed by atoms with E-state index in [1.807, 2.05) is 72.7 Å². The fourth-order valence-corrected chi connectivity index (χ4v) is 3.35. The molecule has 0 atom stereocenters. The van der Waals surface area contributed by atoms with Crippen molar-refractivity contribution in [3.05, 3.63) is 70.8 Å². The number of ketones is 3. The Morgan fingerprint density at radius 2 is 0.828 bits per heavy atom. The van der Waals surface area contributed by atoms with Gasteiger partial charge in [-0.25, -0.2) is 0 Å². The van der Waals surface area contributed by atoms with E-state index in [2.05, 4.69) is 0 Å². The predicted molar refractivity (Wildman–Crippen MR) is 118 cm³/mol.